The molecule has 0 saturated carbocycles. The van der Waals surface area contributed by atoms with E-state index in [0.717, 1.165) is 26.1 Å². The smallest absolute Gasteiger partial charge is 0.0667 e. The molecule has 0 radical (unpaired) electrons. The third-order valence-electron chi connectivity index (χ3n) is 3.90. The average molecular weight is 271 g/mol. The molecule has 0 aliphatic rings. The number of benzene rings is 1. The molecule has 1 N–H and O–H groups in total. The van der Waals surface area contributed by atoms with Crippen LogP contribution in [0.4, 0.5) is 0 Å². The van der Waals surface area contributed by atoms with Gasteiger partial charge in [0, 0.05) is 17.8 Å². The maximum atomic E-state index is 4.55. The number of aryl methyl sites for hydroxylation is 2. The molecule has 2 aromatic rings. The molecule has 1 aromatic heterocycles. The quantitative estimate of drug-likeness (QED) is 0.817. The lowest BCUT2D eigenvalue weighted by Crippen LogP contribution is -2.14. The first-order valence-corrected chi connectivity index (χ1v) is 7.40. The van der Waals surface area contributed by atoms with Gasteiger partial charge in [0.1, 0.15) is 0 Å². The maximum Gasteiger partial charge on any atom is 0.0667 e. The Kier molecular flexibility index (Phi) is 4.96. The molecule has 0 unspecified atom stereocenters. The fourth-order valence-corrected chi connectivity index (χ4v) is 2.47. The number of hydrogen-bond acceptors (Lipinski definition) is 2. The van der Waals surface area contributed by atoms with Gasteiger partial charge in [-0.1, -0.05) is 25.1 Å². The summed E-state index contributed by atoms with van der Waals surface area (Å²) in [5.74, 6) is 0. The number of nitrogens with one attached hydrogen (secondary N) is 1. The molecule has 0 aliphatic heterocycles. The zero-order valence-electron chi connectivity index (χ0n) is 13.0. The van der Waals surface area contributed by atoms with Crippen LogP contribution in [0, 0.1) is 20.8 Å². The molecule has 3 nitrogen and oxygen atoms in total. The molecule has 0 spiro atoms. The van der Waals surface area contributed by atoms with Crippen molar-refractivity contribution >= 4 is 0 Å². The highest BCUT2D eigenvalue weighted by Gasteiger charge is 2.09. The second kappa shape index (κ2) is 6.71. The molecule has 1 aromatic carbocycles. The Morgan fingerprint density at radius 2 is 1.85 bits per heavy atom. The molecule has 2 rings (SSSR count). The van der Waals surface area contributed by atoms with Gasteiger partial charge in [0.2, 0.25) is 0 Å². The third kappa shape index (κ3) is 3.28. The summed E-state index contributed by atoms with van der Waals surface area (Å²) in [7, 11) is 0. The number of rotatable bonds is 6. The Balaban J connectivity index is 2.14. The van der Waals surface area contributed by atoms with Crippen molar-refractivity contribution in [2.75, 3.05) is 6.54 Å². The molecular formula is C17H25N3. The fourth-order valence-electron chi connectivity index (χ4n) is 2.47. The van der Waals surface area contributed by atoms with E-state index < -0.39 is 0 Å². The van der Waals surface area contributed by atoms with Gasteiger partial charge >= 0.3 is 0 Å². The molecule has 0 atom stereocenters. The summed E-state index contributed by atoms with van der Waals surface area (Å²) >= 11 is 0. The van der Waals surface area contributed by atoms with E-state index in [2.05, 4.69) is 61.0 Å². The van der Waals surface area contributed by atoms with Gasteiger partial charge in [-0.15, -0.1) is 0 Å². The average Bonchev–Trinajstić information content (AvgIpc) is 2.76. The van der Waals surface area contributed by atoms with Gasteiger partial charge < -0.3 is 5.32 Å². The van der Waals surface area contributed by atoms with Crippen molar-refractivity contribution < 1.29 is 0 Å². The van der Waals surface area contributed by atoms with E-state index in [0.29, 0.717) is 0 Å². The van der Waals surface area contributed by atoms with E-state index in [9.17, 15) is 0 Å². The molecule has 0 bridgehead atoms. The predicted molar refractivity (Wildman–Crippen MR) is 84.0 cm³/mol. The lowest BCUT2D eigenvalue weighted by atomic mass is 10.0. The van der Waals surface area contributed by atoms with Crippen LogP contribution in [0.1, 0.15) is 41.3 Å². The normalized spacial score (nSPS) is 11.0. The summed E-state index contributed by atoms with van der Waals surface area (Å²) in [6, 6.07) is 6.46. The second-order valence-corrected chi connectivity index (χ2v) is 5.46. The van der Waals surface area contributed by atoms with Crippen LogP contribution in [0.3, 0.4) is 0 Å². The Labute approximate surface area is 122 Å². The van der Waals surface area contributed by atoms with Crippen molar-refractivity contribution in [3.63, 3.8) is 0 Å². The standard InChI is InChI=1S/C17H25N3/c1-5-9-18-10-16-11-19-20(15(16)4)12-17-13(2)7-6-8-14(17)3/h6-8,11,18H,5,9-10,12H2,1-4H3. The predicted octanol–water partition coefficient (Wildman–Crippen LogP) is 3.36. The van der Waals surface area contributed by atoms with Gasteiger partial charge in [-0.05, 0) is 50.4 Å². The molecule has 108 valence electrons. The minimum absolute atomic E-state index is 0.859. The van der Waals surface area contributed by atoms with E-state index in [-0.39, 0.29) is 0 Å². The summed E-state index contributed by atoms with van der Waals surface area (Å²) in [5.41, 5.74) is 6.61. The number of aromatic nitrogens is 2. The van der Waals surface area contributed by atoms with Crippen LogP contribution in [0.15, 0.2) is 24.4 Å². The molecule has 0 aliphatic carbocycles. The molecule has 0 saturated heterocycles. The highest BCUT2D eigenvalue weighted by atomic mass is 15.3. The monoisotopic (exact) mass is 271 g/mol. The van der Waals surface area contributed by atoms with Crippen LogP contribution in [-0.2, 0) is 13.1 Å². The SMILES string of the molecule is CCCNCc1cnn(Cc2c(C)cccc2C)c1C. The number of hydrogen-bond donors (Lipinski definition) is 1. The molecular weight excluding hydrogens is 246 g/mol. The van der Waals surface area contributed by atoms with Crippen molar-refractivity contribution in [2.24, 2.45) is 0 Å². The van der Waals surface area contributed by atoms with Gasteiger partial charge in [0.25, 0.3) is 0 Å². The highest BCUT2D eigenvalue weighted by molar-refractivity contribution is 5.34. The summed E-state index contributed by atoms with van der Waals surface area (Å²) in [6.45, 7) is 11.5. The molecule has 3 heteroatoms. The first kappa shape index (κ1) is 14.8. The van der Waals surface area contributed by atoms with E-state index in [4.69, 9.17) is 0 Å². The Bertz CT molecular complexity index is 549. The Hall–Kier alpha value is -1.61. The Morgan fingerprint density at radius 1 is 1.15 bits per heavy atom. The van der Waals surface area contributed by atoms with Crippen LogP contribution in [0.5, 0.6) is 0 Å². The van der Waals surface area contributed by atoms with E-state index in [1.54, 1.807) is 0 Å². The second-order valence-electron chi connectivity index (χ2n) is 5.46. The van der Waals surface area contributed by atoms with Crippen molar-refractivity contribution in [1.82, 2.24) is 15.1 Å². The van der Waals surface area contributed by atoms with Crippen LogP contribution in [-0.4, -0.2) is 16.3 Å². The van der Waals surface area contributed by atoms with E-state index in [1.807, 2.05) is 6.20 Å². The van der Waals surface area contributed by atoms with Crippen LogP contribution in [0.2, 0.25) is 0 Å². The van der Waals surface area contributed by atoms with Crippen molar-refractivity contribution in [2.45, 2.75) is 47.2 Å². The third-order valence-corrected chi connectivity index (χ3v) is 3.90. The zero-order chi connectivity index (χ0) is 14.5. The van der Waals surface area contributed by atoms with Crippen LogP contribution >= 0.6 is 0 Å². The van der Waals surface area contributed by atoms with Crippen molar-refractivity contribution in [3.8, 4) is 0 Å². The minimum atomic E-state index is 0.859. The topological polar surface area (TPSA) is 29.9 Å². The number of nitrogens with zero attached hydrogens (tertiary/aromatic N) is 2. The van der Waals surface area contributed by atoms with Gasteiger partial charge in [-0.3, -0.25) is 4.68 Å². The maximum absolute atomic E-state index is 4.55. The van der Waals surface area contributed by atoms with Gasteiger partial charge in [0.15, 0.2) is 0 Å². The fraction of sp³-hybridized carbons (Fsp3) is 0.471. The lowest BCUT2D eigenvalue weighted by molar-refractivity contribution is 0.648. The van der Waals surface area contributed by atoms with E-state index >= 15 is 0 Å². The van der Waals surface area contributed by atoms with Gasteiger partial charge in [0.05, 0.1) is 12.7 Å². The summed E-state index contributed by atoms with van der Waals surface area (Å²) in [4.78, 5) is 0. The summed E-state index contributed by atoms with van der Waals surface area (Å²) < 4.78 is 2.11. The van der Waals surface area contributed by atoms with Crippen molar-refractivity contribution in [1.29, 1.82) is 0 Å². The highest BCUT2D eigenvalue weighted by Crippen LogP contribution is 2.16. The zero-order valence-corrected chi connectivity index (χ0v) is 13.0. The molecule has 0 amide bonds. The summed E-state index contributed by atoms with van der Waals surface area (Å²) in [5, 5.41) is 7.99. The summed E-state index contributed by atoms with van der Waals surface area (Å²) in [6.07, 6.45) is 3.15. The van der Waals surface area contributed by atoms with Gasteiger partial charge in [-0.2, -0.15) is 5.10 Å². The molecule has 0 fully saturated rings. The molecule has 1 heterocycles. The largest absolute Gasteiger partial charge is 0.313 e. The lowest BCUT2D eigenvalue weighted by Gasteiger charge is -2.11. The van der Waals surface area contributed by atoms with Crippen LogP contribution in [0.25, 0.3) is 0 Å². The first-order chi connectivity index (χ1) is 9.63. The van der Waals surface area contributed by atoms with Gasteiger partial charge in [-0.25, -0.2) is 0 Å². The van der Waals surface area contributed by atoms with Crippen LogP contribution < -0.4 is 5.32 Å². The van der Waals surface area contributed by atoms with Crippen molar-refractivity contribution in [3.05, 3.63) is 52.3 Å². The Morgan fingerprint density at radius 3 is 2.50 bits per heavy atom. The first-order valence-electron chi connectivity index (χ1n) is 7.40. The molecule has 20 heavy (non-hydrogen) atoms. The van der Waals surface area contributed by atoms with E-state index in [1.165, 1.54) is 27.9 Å². The minimum Gasteiger partial charge on any atom is -0.313 e.